The van der Waals surface area contributed by atoms with E-state index in [-0.39, 0.29) is 0 Å². The summed E-state index contributed by atoms with van der Waals surface area (Å²) in [6.07, 6.45) is 7.63. The Labute approximate surface area is 149 Å². The van der Waals surface area contributed by atoms with Gasteiger partial charge in [0.15, 0.2) is 0 Å². The standard InChI is InChI=1S/C19H26N4S/c1-2-16-8-6-7-13-21(16)14-22-19(24)23(17-9-4-3-5-10-17)18(20-22)15-11-12-15/h3-5,9-10,15-16H,2,6-8,11-14H2,1H3/t16-/m0/s1. The molecule has 2 heterocycles. The monoisotopic (exact) mass is 342 g/mol. The van der Waals surface area contributed by atoms with Crippen molar-refractivity contribution < 1.29 is 0 Å². The van der Waals surface area contributed by atoms with E-state index in [1.54, 1.807) is 0 Å². The van der Waals surface area contributed by atoms with Crippen molar-refractivity contribution in [1.82, 2.24) is 19.2 Å². The number of para-hydroxylation sites is 1. The molecule has 4 nitrogen and oxygen atoms in total. The Kier molecular flexibility index (Phi) is 4.55. The van der Waals surface area contributed by atoms with Gasteiger partial charge in [-0.15, -0.1) is 0 Å². The summed E-state index contributed by atoms with van der Waals surface area (Å²) in [6, 6.07) is 11.1. The van der Waals surface area contributed by atoms with Crippen molar-refractivity contribution >= 4 is 12.2 Å². The summed E-state index contributed by atoms with van der Waals surface area (Å²) in [5.74, 6) is 1.73. The molecule has 0 radical (unpaired) electrons. The Balaban J connectivity index is 1.68. The van der Waals surface area contributed by atoms with Crippen LogP contribution in [0.2, 0.25) is 0 Å². The fourth-order valence-corrected chi connectivity index (χ4v) is 4.12. The average Bonchev–Trinajstić information content (AvgIpc) is 3.42. The Morgan fingerprint density at radius 1 is 1.12 bits per heavy atom. The number of piperidine rings is 1. The molecule has 5 heteroatoms. The smallest absolute Gasteiger partial charge is 0.203 e. The van der Waals surface area contributed by atoms with Crippen LogP contribution in [0.1, 0.15) is 57.2 Å². The highest BCUT2D eigenvalue weighted by atomic mass is 32.1. The summed E-state index contributed by atoms with van der Waals surface area (Å²) < 4.78 is 5.09. The molecule has 0 N–H and O–H groups in total. The highest BCUT2D eigenvalue weighted by molar-refractivity contribution is 7.71. The topological polar surface area (TPSA) is 26.0 Å². The van der Waals surface area contributed by atoms with Crippen LogP contribution in [0.5, 0.6) is 0 Å². The largest absolute Gasteiger partial charge is 0.281 e. The molecule has 2 aromatic rings. The molecular weight excluding hydrogens is 316 g/mol. The molecule has 0 amide bonds. The number of aromatic nitrogens is 3. The van der Waals surface area contributed by atoms with Crippen molar-refractivity contribution in [2.45, 2.75) is 64.1 Å². The molecular formula is C19H26N4S. The van der Waals surface area contributed by atoms with E-state index in [9.17, 15) is 0 Å². The predicted octanol–water partition coefficient (Wildman–Crippen LogP) is 4.50. The van der Waals surface area contributed by atoms with Crippen LogP contribution >= 0.6 is 12.2 Å². The van der Waals surface area contributed by atoms with Gasteiger partial charge in [0.1, 0.15) is 5.82 Å². The lowest BCUT2D eigenvalue weighted by Crippen LogP contribution is -2.40. The molecule has 1 atom stereocenters. The third-order valence-electron chi connectivity index (χ3n) is 5.36. The molecule has 2 fully saturated rings. The number of likely N-dealkylation sites (tertiary alicyclic amines) is 1. The first-order chi connectivity index (χ1) is 11.8. The van der Waals surface area contributed by atoms with Crippen molar-refractivity contribution in [3.05, 3.63) is 40.9 Å². The van der Waals surface area contributed by atoms with Gasteiger partial charge in [0.2, 0.25) is 4.77 Å². The lowest BCUT2D eigenvalue weighted by atomic mass is 10.0. The van der Waals surface area contributed by atoms with Gasteiger partial charge in [0.25, 0.3) is 0 Å². The van der Waals surface area contributed by atoms with Crippen LogP contribution in [-0.4, -0.2) is 31.8 Å². The lowest BCUT2D eigenvalue weighted by molar-refractivity contribution is 0.100. The molecule has 2 aliphatic rings. The summed E-state index contributed by atoms with van der Waals surface area (Å²) >= 11 is 5.82. The molecule has 1 aromatic carbocycles. The van der Waals surface area contributed by atoms with Gasteiger partial charge in [-0.25, -0.2) is 4.68 Å². The first-order valence-corrected chi connectivity index (χ1v) is 9.68. The molecule has 1 saturated heterocycles. The maximum Gasteiger partial charge on any atom is 0.203 e. The zero-order chi connectivity index (χ0) is 16.5. The molecule has 0 unspecified atom stereocenters. The van der Waals surface area contributed by atoms with E-state index >= 15 is 0 Å². The van der Waals surface area contributed by atoms with Gasteiger partial charge in [-0.3, -0.25) is 9.47 Å². The van der Waals surface area contributed by atoms with Crippen molar-refractivity contribution in [3.63, 3.8) is 0 Å². The van der Waals surface area contributed by atoms with Crippen LogP contribution in [0.15, 0.2) is 30.3 Å². The zero-order valence-corrected chi connectivity index (χ0v) is 15.2. The van der Waals surface area contributed by atoms with Gasteiger partial charge in [-0.05, 0) is 56.5 Å². The van der Waals surface area contributed by atoms with E-state index in [0.29, 0.717) is 12.0 Å². The highest BCUT2D eigenvalue weighted by Crippen LogP contribution is 2.40. The zero-order valence-electron chi connectivity index (χ0n) is 14.4. The van der Waals surface area contributed by atoms with Crippen molar-refractivity contribution in [2.24, 2.45) is 0 Å². The van der Waals surface area contributed by atoms with E-state index in [4.69, 9.17) is 17.3 Å². The second kappa shape index (κ2) is 6.81. The third kappa shape index (κ3) is 3.07. The fraction of sp³-hybridized carbons (Fsp3) is 0.579. The minimum absolute atomic E-state index is 0.580. The van der Waals surface area contributed by atoms with Gasteiger partial charge in [0, 0.05) is 24.2 Å². The lowest BCUT2D eigenvalue weighted by Gasteiger charge is -2.34. The highest BCUT2D eigenvalue weighted by Gasteiger charge is 2.31. The molecule has 0 bridgehead atoms. The SMILES string of the molecule is CC[C@H]1CCCCN1Cn1nc(C2CC2)n(-c2ccccc2)c1=S. The molecule has 0 spiro atoms. The second-order valence-corrected chi connectivity index (χ2v) is 7.46. The maximum absolute atomic E-state index is 5.82. The summed E-state index contributed by atoms with van der Waals surface area (Å²) in [5.41, 5.74) is 1.14. The fourth-order valence-electron chi connectivity index (χ4n) is 3.82. The van der Waals surface area contributed by atoms with Crippen molar-refractivity contribution in [2.75, 3.05) is 6.54 Å². The quantitative estimate of drug-likeness (QED) is 0.748. The van der Waals surface area contributed by atoms with Gasteiger partial charge in [0.05, 0.1) is 6.67 Å². The van der Waals surface area contributed by atoms with Crippen LogP contribution in [0.4, 0.5) is 0 Å². The predicted molar refractivity (Wildman–Crippen MR) is 99.0 cm³/mol. The summed E-state index contributed by atoms with van der Waals surface area (Å²) in [6.45, 7) is 4.29. The number of hydrogen-bond donors (Lipinski definition) is 0. The van der Waals surface area contributed by atoms with Crippen LogP contribution in [0.25, 0.3) is 5.69 Å². The van der Waals surface area contributed by atoms with Gasteiger partial charge in [-0.1, -0.05) is 31.5 Å². The number of benzene rings is 1. The van der Waals surface area contributed by atoms with Gasteiger partial charge >= 0.3 is 0 Å². The van der Waals surface area contributed by atoms with E-state index in [2.05, 4.69) is 45.3 Å². The molecule has 4 rings (SSSR count). The number of nitrogens with zero attached hydrogens (tertiary/aromatic N) is 4. The van der Waals surface area contributed by atoms with E-state index in [1.165, 1.54) is 38.5 Å². The molecule has 1 aromatic heterocycles. The van der Waals surface area contributed by atoms with Gasteiger partial charge < -0.3 is 0 Å². The Hall–Kier alpha value is -1.46. The second-order valence-electron chi connectivity index (χ2n) is 7.10. The normalized spacial score (nSPS) is 22.0. The molecule has 24 heavy (non-hydrogen) atoms. The number of rotatable bonds is 5. The summed E-state index contributed by atoms with van der Waals surface area (Å²) in [5, 5.41) is 4.94. The molecule has 1 saturated carbocycles. The van der Waals surface area contributed by atoms with E-state index in [1.807, 2.05) is 6.07 Å². The van der Waals surface area contributed by atoms with Crippen LogP contribution in [0.3, 0.4) is 0 Å². The summed E-state index contributed by atoms with van der Waals surface area (Å²) in [7, 11) is 0. The van der Waals surface area contributed by atoms with Crippen LogP contribution in [0, 0.1) is 4.77 Å². The average molecular weight is 343 g/mol. The maximum atomic E-state index is 5.82. The Morgan fingerprint density at radius 2 is 1.92 bits per heavy atom. The van der Waals surface area contributed by atoms with Crippen molar-refractivity contribution in [3.8, 4) is 5.69 Å². The van der Waals surface area contributed by atoms with E-state index < -0.39 is 0 Å². The minimum Gasteiger partial charge on any atom is -0.281 e. The van der Waals surface area contributed by atoms with Crippen molar-refractivity contribution in [1.29, 1.82) is 0 Å². The molecule has 128 valence electrons. The molecule has 1 aliphatic carbocycles. The first-order valence-electron chi connectivity index (χ1n) is 9.27. The van der Waals surface area contributed by atoms with E-state index in [0.717, 1.165) is 29.5 Å². The van der Waals surface area contributed by atoms with Crippen LogP contribution in [-0.2, 0) is 6.67 Å². The number of hydrogen-bond acceptors (Lipinski definition) is 3. The Morgan fingerprint density at radius 3 is 2.62 bits per heavy atom. The minimum atomic E-state index is 0.580. The molecule has 1 aliphatic heterocycles. The summed E-state index contributed by atoms with van der Waals surface area (Å²) in [4.78, 5) is 2.57. The van der Waals surface area contributed by atoms with Gasteiger partial charge in [-0.2, -0.15) is 5.10 Å². The third-order valence-corrected chi connectivity index (χ3v) is 5.75. The first kappa shape index (κ1) is 16.0. The van der Waals surface area contributed by atoms with Crippen LogP contribution < -0.4 is 0 Å². The Bertz CT molecular complexity index is 744.